The molecule has 6 aromatic rings. The van der Waals surface area contributed by atoms with Crippen LogP contribution in [-0.4, -0.2) is 132 Å². The van der Waals surface area contributed by atoms with Gasteiger partial charge in [-0.1, -0.05) is 121 Å². The number of aromatic amines is 1. The van der Waals surface area contributed by atoms with Gasteiger partial charge in [0.1, 0.15) is 24.2 Å². The third-order valence-corrected chi connectivity index (χ3v) is 16.9. The minimum absolute atomic E-state index is 0.0000153. The molecule has 0 amide bonds. The lowest BCUT2D eigenvalue weighted by atomic mass is 10.1. The number of carbonyl (C=O) groups is 4. The number of carbonyl (C=O) groups excluding carboxylic acids is 4. The van der Waals surface area contributed by atoms with E-state index in [1.807, 2.05) is 121 Å². The number of nitrogen functional groups attached to an aromatic ring is 1. The second-order valence-electron chi connectivity index (χ2n) is 18.5. The average Bonchev–Trinajstić information content (AvgIpc) is 3.86. The number of hydrogen-bond donors (Lipinski definition) is 6. The van der Waals surface area contributed by atoms with Crippen molar-refractivity contribution in [1.29, 1.82) is 0 Å². The Hall–Kier alpha value is -6.87. The number of aromatic nitrogens is 4. The Morgan fingerprint density at radius 1 is 0.562 bits per heavy atom. The van der Waals surface area contributed by atoms with Crippen LogP contribution in [0.3, 0.4) is 0 Å². The highest BCUT2D eigenvalue weighted by Crippen LogP contribution is 2.40. The van der Waals surface area contributed by atoms with Gasteiger partial charge in [0.05, 0.1) is 77.5 Å². The standard InChI is InChI=1S/C56H73N9O13P2/c1-5-74-52(67)45(33-40-21-13-9-14-22-40)61-79(71,62-46(53(68)75-6-2)34-41-23-15-10-16-24-41)31-29-73-38-44(37-65-39-58-49-50(65)59-56(57)60-51(49)66)78-30-32-80(72,63-47(54(69)76-7-3)35-42-25-17-11-18-26-42)64-48(55(70)77-8-4)36-43-27-19-12-20-28-43/h9-28,39,44-48H,5-8,29-38H2,1-4H3,(H2,61,62,71)(H2,63,64,72)(H3,57,59,60,66)/t44?,45-,46-,47-,48-/m0/s1. The molecule has 0 saturated heterocycles. The predicted molar refractivity (Wildman–Crippen MR) is 303 cm³/mol. The van der Waals surface area contributed by atoms with Crippen LogP contribution in [0.5, 0.6) is 0 Å². The smallest absolute Gasteiger partial charge is 0.323 e. The Labute approximate surface area is 465 Å². The van der Waals surface area contributed by atoms with E-state index in [2.05, 4.69) is 35.3 Å². The van der Waals surface area contributed by atoms with Crippen LogP contribution in [0, 0.1) is 0 Å². The molecule has 5 atom stereocenters. The summed E-state index contributed by atoms with van der Waals surface area (Å²) in [6.45, 7) is 6.05. The van der Waals surface area contributed by atoms with Gasteiger partial charge in [-0.25, -0.2) is 25.3 Å². The molecule has 0 aliphatic heterocycles. The fourth-order valence-corrected chi connectivity index (χ4v) is 12.9. The number of nitrogens with zero attached hydrogens (tertiary/aromatic N) is 3. The van der Waals surface area contributed by atoms with Crippen molar-refractivity contribution >= 4 is 55.9 Å². The maximum absolute atomic E-state index is 15.6. The number of H-pyrrole nitrogens is 1. The van der Waals surface area contributed by atoms with Crippen LogP contribution in [0.15, 0.2) is 132 Å². The van der Waals surface area contributed by atoms with Crippen LogP contribution in [-0.2, 0) is 89.0 Å². The van der Waals surface area contributed by atoms with Crippen molar-refractivity contribution in [3.05, 3.63) is 160 Å². The molecule has 0 aliphatic rings. The van der Waals surface area contributed by atoms with Gasteiger partial charge in [0.25, 0.3) is 5.56 Å². The van der Waals surface area contributed by atoms with Crippen molar-refractivity contribution in [3.8, 4) is 0 Å². The van der Waals surface area contributed by atoms with Gasteiger partial charge in [-0.15, -0.1) is 0 Å². The first kappa shape index (κ1) is 62.3. The summed E-state index contributed by atoms with van der Waals surface area (Å²) in [5, 5.41) is 12.2. The highest BCUT2D eigenvalue weighted by Gasteiger charge is 2.38. The molecule has 430 valence electrons. The fraction of sp³-hybridized carbons (Fsp3) is 0.411. The van der Waals surface area contributed by atoms with E-state index in [-0.39, 0.29) is 108 Å². The molecule has 7 N–H and O–H groups in total. The van der Waals surface area contributed by atoms with Crippen molar-refractivity contribution in [2.75, 3.05) is 64.3 Å². The summed E-state index contributed by atoms with van der Waals surface area (Å²) in [6.07, 6.45) is 0.219. The number of imidazole rings is 1. The Morgan fingerprint density at radius 3 is 1.26 bits per heavy atom. The molecule has 24 heteroatoms. The van der Waals surface area contributed by atoms with Crippen LogP contribution >= 0.6 is 14.9 Å². The molecule has 0 aliphatic carbocycles. The molecule has 0 bridgehead atoms. The summed E-state index contributed by atoms with van der Waals surface area (Å²) in [5.41, 5.74) is 8.54. The van der Waals surface area contributed by atoms with Crippen molar-refractivity contribution in [1.82, 2.24) is 39.9 Å². The van der Waals surface area contributed by atoms with Gasteiger partial charge in [0, 0.05) is 0 Å². The number of nitrogens with one attached hydrogen (secondary N) is 5. The van der Waals surface area contributed by atoms with E-state index in [1.54, 1.807) is 27.7 Å². The summed E-state index contributed by atoms with van der Waals surface area (Å²) in [5.74, 6) is -2.82. The molecule has 80 heavy (non-hydrogen) atoms. The van der Waals surface area contributed by atoms with Crippen LogP contribution in [0.4, 0.5) is 5.95 Å². The summed E-state index contributed by atoms with van der Waals surface area (Å²) < 4.78 is 67.3. The minimum atomic E-state index is -4.09. The van der Waals surface area contributed by atoms with E-state index >= 15 is 9.13 Å². The van der Waals surface area contributed by atoms with E-state index in [0.717, 1.165) is 22.3 Å². The number of rotatable bonds is 35. The van der Waals surface area contributed by atoms with E-state index in [4.69, 9.17) is 34.2 Å². The summed E-state index contributed by atoms with van der Waals surface area (Å²) in [4.78, 5) is 78.5. The lowest BCUT2D eigenvalue weighted by Gasteiger charge is -2.30. The molecule has 0 saturated carbocycles. The molecule has 0 radical (unpaired) electrons. The van der Waals surface area contributed by atoms with Crippen LogP contribution in [0.25, 0.3) is 11.2 Å². The van der Waals surface area contributed by atoms with Gasteiger partial charge in [0.2, 0.25) is 20.8 Å². The van der Waals surface area contributed by atoms with Gasteiger partial charge in [0.15, 0.2) is 11.2 Å². The summed E-state index contributed by atoms with van der Waals surface area (Å²) in [6, 6.07) is 31.9. The third-order valence-electron chi connectivity index (χ3n) is 12.4. The molecule has 0 fully saturated rings. The normalized spacial score (nSPS) is 13.7. The zero-order valence-electron chi connectivity index (χ0n) is 45.5. The number of benzene rings is 4. The second-order valence-corrected chi connectivity index (χ2v) is 23.4. The number of esters is 4. The number of ether oxygens (including phenoxy) is 6. The van der Waals surface area contributed by atoms with E-state index in [9.17, 15) is 24.0 Å². The predicted octanol–water partition coefficient (Wildman–Crippen LogP) is 5.55. The quantitative estimate of drug-likeness (QED) is 0.0123. The molecular formula is C56H73N9O13P2. The van der Waals surface area contributed by atoms with Crippen molar-refractivity contribution in [3.63, 3.8) is 0 Å². The van der Waals surface area contributed by atoms with Gasteiger partial charge in [-0.3, -0.25) is 38.1 Å². The zero-order chi connectivity index (χ0) is 57.3. The molecule has 22 nitrogen and oxygen atoms in total. The summed E-state index contributed by atoms with van der Waals surface area (Å²) >= 11 is 0. The highest BCUT2D eigenvalue weighted by atomic mass is 31.2. The second kappa shape index (κ2) is 31.8. The highest BCUT2D eigenvalue weighted by molar-refractivity contribution is 7.60. The van der Waals surface area contributed by atoms with Crippen molar-refractivity contribution in [2.24, 2.45) is 0 Å². The van der Waals surface area contributed by atoms with E-state index in [1.165, 1.54) is 10.9 Å². The fourth-order valence-electron chi connectivity index (χ4n) is 8.67. The third kappa shape index (κ3) is 19.7. The minimum Gasteiger partial charge on any atom is -0.465 e. The van der Waals surface area contributed by atoms with Gasteiger partial charge < -0.3 is 38.7 Å². The molecule has 0 spiro atoms. The Balaban J connectivity index is 1.30. The largest absolute Gasteiger partial charge is 0.465 e. The number of hydrogen-bond acceptors (Lipinski definition) is 16. The topological polar surface area (TPSA) is 296 Å². The van der Waals surface area contributed by atoms with Gasteiger partial charge in [-0.05, 0) is 75.6 Å². The molecule has 2 heterocycles. The maximum Gasteiger partial charge on any atom is 0.323 e. The van der Waals surface area contributed by atoms with Gasteiger partial charge in [-0.2, -0.15) is 4.98 Å². The van der Waals surface area contributed by atoms with Gasteiger partial charge >= 0.3 is 23.9 Å². The lowest BCUT2D eigenvalue weighted by Crippen LogP contribution is -2.47. The maximum atomic E-state index is 15.6. The SMILES string of the molecule is CCOC(=O)[C@H](Cc1ccccc1)NP(=O)(CCOCC(Cn1cnc2c(=O)[nH]c(N)nc21)OCCP(=O)(N[C@@H](Cc1ccccc1)C(=O)OCC)N[C@@H](Cc1ccccc1)C(=O)OCC)N[C@@H](Cc1ccccc1)C(=O)OCC. The zero-order valence-corrected chi connectivity index (χ0v) is 47.3. The molecule has 1 unspecified atom stereocenters. The van der Waals surface area contributed by atoms with Crippen molar-refractivity contribution in [2.45, 2.75) is 90.2 Å². The van der Waals surface area contributed by atoms with Crippen LogP contribution < -0.4 is 31.6 Å². The number of anilines is 1. The van der Waals surface area contributed by atoms with Crippen LogP contribution in [0.2, 0.25) is 0 Å². The molecule has 4 aromatic carbocycles. The molecule has 6 rings (SSSR count). The Kier molecular flexibility index (Phi) is 24.8. The first-order valence-electron chi connectivity index (χ1n) is 26.6. The van der Waals surface area contributed by atoms with E-state index in [0.29, 0.717) is 0 Å². The van der Waals surface area contributed by atoms with E-state index < -0.39 is 74.6 Å². The van der Waals surface area contributed by atoms with Crippen molar-refractivity contribution < 1.29 is 56.7 Å². The Bertz CT molecular complexity index is 2910. The lowest BCUT2D eigenvalue weighted by molar-refractivity contribution is -0.146. The number of fused-ring (bicyclic) bond motifs is 1. The Morgan fingerprint density at radius 2 is 0.912 bits per heavy atom. The monoisotopic (exact) mass is 1140 g/mol. The average molecular weight is 1140 g/mol. The molecular weight excluding hydrogens is 1070 g/mol. The number of nitrogens with two attached hydrogens (primary N) is 1. The summed E-state index contributed by atoms with van der Waals surface area (Å²) in [7, 11) is -8.13. The first-order valence-corrected chi connectivity index (χ1v) is 30.4. The first-order chi connectivity index (χ1) is 38.6. The van der Waals surface area contributed by atoms with Crippen LogP contribution in [0.1, 0.15) is 49.9 Å². The molecule has 2 aromatic heterocycles.